The van der Waals surface area contributed by atoms with Crippen molar-refractivity contribution in [1.82, 2.24) is 0 Å². The van der Waals surface area contributed by atoms with Gasteiger partial charge in [-0.05, 0) is 51.7 Å². The number of ketones is 1. The largest absolute Gasteiger partial charge is 0.508 e. The van der Waals surface area contributed by atoms with E-state index in [1.54, 1.807) is 26.0 Å². The zero-order valence-corrected chi connectivity index (χ0v) is 23.7. The van der Waals surface area contributed by atoms with Gasteiger partial charge >= 0.3 is 5.97 Å². The van der Waals surface area contributed by atoms with E-state index in [0.29, 0.717) is 24.2 Å². The summed E-state index contributed by atoms with van der Waals surface area (Å²) in [6, 6.07) is 2.91. The van der Waals surface area contributed by atoms with Crippen LogP contribution in [0, 0.1) is 11.8 Å². The summed E-state index contributed by atoms with van der Waals surface area (Å²) in [5.41, 5.74) is 1.86. The predicted octanol–water partition coefficient (Wildman–Crippen LogP) is 5.04. The van der Waals surface area contributed by atoms with Gasteiger partial charge in [0, 0.05) is 36.0 Å². The molecule has 3 heterocycles. The van der Waals surface area contributed by atoms with Crippen molar-refractivity contribution in [2.75, 3.05) is 5.32 Å². The van der Waals surface area contributed by atoms with Gasteiger partial charge in [-0.1, -0.05) is 37.6 Å². The molecule has 9 heteroatoms. The summed E-state index contributed by atoms with van der Waals surface area (Å²) in [4.78, 5) is 38.8. The first kappa shape index (κ1) is 29.6. The van der Waals surface area contributed by atoms with E-state index in [-0.39, 0.29) is 41.6 Å². The molecule has 1 amide bonds. The number of allylic oxidation sites excluding steroid dienone is 2. The van der Waals surface area contributed by atoms with Crippen molar-refractivity contribution in [2.24, 2.45) is 11.8 Å². The van der Waals surface area contributed by atoms with E-state index >= 15 is 0 Å². The van der Waals surface area contributed by atoms with Crippen molar-refractivity contribution in [3.8, 4) is 11.5 Å². The second-order valence-corrected chi connectivity index (χ2v) is 11.2. The molecule has 0 unspecified atom stereocenters. The number of aliphatic hydroxyl groups excluding tert-OH is 1. The molecule has 3 aliphatic rings. The molecule has 3 bridgehead atoms. The van der Waals surface area contributed by atoms with Gasteiger partial charge < -0.3 is 29.7 Å². The summed E-state index contributed by atoms with van der Waals surface area (Å²) in [5, 5.41) is 24.1. The van der Waals surface area contributed by atoms with Gasteiger partial charge in [-0.15, -0.1) is 0 Å². The number of aliphatic hydroxyl groups is 1. The Morgan fingerprint density at radius 1 is 1.20 bits per heavy atom. The SMILES string of the molecule is CC[C@H]1C=C[C@H](O)[C@H](C=C(C)C)OC(=O)/C(C)=C/CC(=O)Nc2cc(O)cc3c2O[C@@]2(CC1)CC(=O)[C@@H](C)[C@@H]3O2. The topological polar surface area (TPSA) is 131 Å². The van der Waals surface area contributed by atoms with Gasteiger partial charge in [0.2, 0.25) is 11.7 Å². The molecule has 9 nitrogen and oxygen atoms in total. The van der Waals surface area contributed by atoms with Crippen molar-refractivity contribution < 1.29 is 38.8 Å². The van der Waals surface area contributed by atoms with Gasteiger partial charge in [0.25, 0.3) is 0 Å². The van der Waals surface area contributed by atoms with Crippen LogP contribution >= 0.6 is 0 Å². The molecule has 1 aromatic carbocycles. The number of anilines is 1. The molecule has 40 heavy (non-hydrogen) atoms. The molecule has 0 radical (unpaired) electrons. The molecule has 1 saturated heterocycles. The highest BCUT2D eigenvalue weighted by atomic mass is 16.7. The van der Waals surface area contributed by atoms with E-state index in [2.05, 4.69) is 5.32 Å². The number of benzene rings is 1. The third-order valence-corrected chi connectivity index (χ3v) is 7.71. The first-order valence-corrected chi connectivity index (χ1v) is 13.9. The first-order valence-electron chi connectivity index (χ1n) is 13.9. The molecule has 1 spiro atoms. The van der Waals surface area contributed by atoms with Crippen LogP contribution in [0.4, 0.5) is 5.69 Å². The highest BCUT2D eigenvalue weighted by Gasteiger charge is 2.52. The minimum atomic E-state index is -1.22. The minimum absolute atomic E-state index is 0.00368. The van der Waals surface area contributed by atoms with Gasteiger partial charge in [0.05, 0.1) is 12.1 Å². The van der Waals surface area contributed by atoms with E-state index in [1.807, 2.05) is 26.8 Å². The van der Waals surface area contributed by atoms with Crippen LogP contribution < -0.4 is 10.1 Å². The van der Waals surface area contributed by atoms with Crippen LogP contribution in [0.1, 0.15) is 78.4 Å². The van der Waals surface area contributed by atoms with E-state index in [9.17, 15) is 24.6 Å². The molecule has 3 aliphatic heterocycles. The number of cyclic esters (lactones) is 1. The number of carbonyl (C=O) groups is 3. The summed E-state index contributed by atoms with van der Waals surface area (Å²) in [6.07, 6.45) is 5.71. The van der Waals surface area contributed by atoms with Crippen molar-refractivity contribution in [2.45, 2.75) is 90.8 Å². The third-order valence-electron chi connectivity index (χ3n) is 7.71. The van der Waals surface area contributed by atoms with Crippen molar-refractivity contribution in [1.29, 1.82) is 0 Å². The molecule has 0 aliphatic carbocycles. The molecular formula is C31H39NO8. The molecule has 0 aromatic heterocycles. The summed E-state index contributed by atoms with van der Waals surface area (Å²) in [5.74, 6) is -2.46. The number of aromatic hydroxyl groups is 1. The Bertz CT molecular complexity index is 1260. The number of fused-ring (bicyclic) bond motifs is 2. The van der Waals surface area contributed by atoms with E-state index in [1.165, 1.54) is 18.2 Å². The fraction of sp³-hybridized carbons (Fsp3) is 0.516. The van der Waals surface area contributed by atoms with Crippen LogP contribution in [0.25, 0.3) is 0 Å². The maximum absolute atomic E-state index is 13.1. The van der Waals surface area contributed by atoms with Crippen LogP contribution in [0.3, 0.4) is 0 Å². The minimum Gasteiger partial charge on any atom is -0.508 e. The summed E-state index contributed by atoms with van der Waals surface area (Å²) < 4.78 is 18.4. The number of Topliss-reactive ketones (excluding diaryl/α,β-unsaturated/α-hetero) is 1. The first-order chi connectivity index (χ1) is 18.9. The quantitative estimate of drug-likeness (QED) is 0.343. The Hall–Kier alpha value is -3.43. The highest BCUT2D eigenvalue weighted by Crippen LogP contribution is 2.53. The van der Waals surface area contributed by atoms with Gasteiger partial charge in [-0.3, -0.25) is 9.59 Å². The van der Waals surface area contributed by atoms with E-state index in [0.717, 1.165) is 12.0 Å². The molecule has 6 atom stereocenters. The number of hydrogen-bond donors (Lipinski definition) is 3. The Morgan fingerprint density at radius 2 is 1.95 bits per heavy atom. The lowest BCUT2D eigenvalue weighted by Gasteiger charge is -2.48. The number of carbonyl (C=O) groups excluding carboxylic acids is 3. The summed E-state index contributed by atoms with van der Waals surface area (Å²) >= 11 is 0. The maximum Gasteiger partial charge on any atom is 0.334 e. The van der Waals surface area contributed by atoms with Crippen LogP contribution in [0.5, 0.6) is 11.5 Å². The van der Waals surface area contributed by atoms with Crippen LogP contribution in [0.2, 0.25) is 0 Å². The van der Waals surface area contributed by atoms with Crippen LogP contribution in [-0.2, 0) is 23.9 Å². The number of phenols is 1. The van der Waals surface area contributed by atoms with Gasteiger partial charge in [0.15, 0.2) is 5.75 Å². The number of phenolic OH excluding ortho intramolecular Hbond substituents is 1. The van der Waals surface area contributed by atoms with Crippen LogP contribution in [0.15, 0.2) is 47.6 Å². The molecule has 1 fully saturated rings. The van der Waals surface area contributed by atoms with Crippen molar-refractivity contribution in [3.05, 3.63) is 53.1 Å². The van der Waals surface area contributed by atoms with E-state index < -0.39 is 41.9 Å². The highest BCUT2D eigenvalue weighted by molar-refractivity contribution is 5.96. The Kier molecular flexibility index (Phi) is 8.85. The Labute approximate surface area is 234 Å². The summed E-state index contributed by atoms with van der Waals surface area (Å²) in [6.45, 7) is 9.06. The standard InChI is InChI=1S/C31H39NO8/c1-6-20-8-9-24(34)26(13-17(2)3)38-30(37)18(4)7-10-27(36)32-23-15-21(33)14-22-28-19(5)25(35)16-31(39-28,12-11-20)40-29(22)23/h7-9,13-15,19-20,24,26,28,33-34H,6,10-12,16H2,1-5H3,(H,32,36)/b9-8?,18-7+/t19-,20+,24+,26+,28+,31+/m1/s1. The number of amides is 1. The zero-order valence-electron chi connectivity index (χ0n) is 23.7. The summed E-state index contributed by atoms with van der Waals surface area (Å²) in [7, 11) is 0. The predicted molar refractivity (Wildman–Crippen MR) is 149 cm³/mol. The van der Waals surface area contributed by atoms with Crippen molar-refractivity contribution >= 4 is 23.3 Å². The lowest BCUT2D eigenvalue weighted by atomic mass is 9.82. The van der Waals surface area contributed by atoms with Gasteiger partial charge in [0.1, 0.15) is 29.8 Å². The molecule has 216 valence electrons. The number of hydrogen-bond acceptors (Lipinski definition) is 8. The smallest absolute Gasteiger partial charge is 0.334 e. The Morgan fingerprint density at radius 3 is 2.65 bits per heavy atom. The maximum atomic E-state index is 13.1. The molecule has 3 N–H and O–H groups in total. The lowest BCUT2D eigenvalue weighted by Crippen LogP contribution is -2.52. The van der Waals surface area contributed by atoms with Gasteiger partial charge in [-0.2, -0.15) is 0 Å². The fourth-order valence-electron chi connectivity index (χ4n) is 5.30. The second-order valence-electron chi connectivity index (χ2n) is 11.2. The fourth-order valence-corrected chi connectivity index (χ4v) is 5.30. The zero-order chi connectivity index (χ0) is 29.2. The second kappa shape index (κ2) is 12.0. The van der Waals surface area contributed by atoms with Crippen LogP contribution in [-0.4, -0.2) is 45.9 Å². The van der Waals surface area contributed by atoms with Crippen molar-refractivity contribution in [3.63, 3.8) is 0 Å². The molecular weight excluding hydrogens is 514 g/mol. The number of ether oxygens (including phenoxy) is 3. The molecule has 4 rings (SSSR count). The van der Waals surface area contributed by atoms with E-state index in [4.69, 9.17) is 14.2 Å². The number of nitrogens with one attached hydrogen (secondary N) is 1. The molecule has 0 saturated carbocycles. The van der Waals surface area contributed by atoms with Gasteiger partial charge in [-0.25, -0.2) is 4.79 Å². The number of rotatable bonds is 2. The third kappa shape index (κ3) is 6.47. The normalized spacial score (nSPS) is 32.4. The lowest BCUT2D eigenvalue weighted by molar-refractivity contribution is -0.261. The monoisotopic (exact) mass is 553 g/mol. The Balaban J connectivity index is 1.76. The number of esters is 1. The average Bonchev–Trinajstić information content (AvgIpc) is 2.89. The molecule has 1 aromatic rings. The average molecular weight is 554 g/mol.